The van der Waals surface area contributed by atoms with Crippen molar-refractivity contribution in [3.05, 3.63) is 85.5 Å². The van der Waals surface area contributed by atoms with Gasteiger partial charge in [-0.05, 0) is 42.3 Å². The fourth-order valence-electron chi connectivity index (χ4n) is 3.00. The molecule has 0 aliphatic heterocycles. The molecule has 33 heavy (non-hydrogen) atoms. The van der Waals surface area contributed by atoms with Crippen LogP contribution < -0.4 is 16.6 Å². The molecule has 3 aromatic rings. The molecule has 0 aliphatic rings. The van der Waals surface area contributed by atoms with Crippen LogP contribution in [0.4, 0.5) is 11.4 Å². The number of halogens is 1. The maximum Gasteiger partial charge on any atom is 0.333 e. The summed E-state index contributed by atoms with van der Waals surface area (Å²) in [5, 5.41) is 13.9. The lowest BCUT2D eigenvalue weighted by atomic mass is 10.1. The molecule has 0 atom stereocenters. The van der Waals surface area contributed by atoms with Gasteiger partial charge < -0.3 is 10.4 Å². The van der Waals surface area contributed by atoms with Gasteiger partial charge in [-0.2, -0.15) is 0 Å². The van der Waals surface area contributed by atoms with Gasteiger partial charge in [-0.3, -0.25) is 18.7 Å². The van der Waals surface area contributed by atoms with Crippen molar-refractivity contribution in [2.75, 3.05) is 11.1 Å². The number of hydrogen-bond acceptors (Lipinski definition) is 6. The molecular weight excluding hydrogens is 464 g/mol. The van der Waals surface area contributed by atoms with Crippen LogP contribution in [0.5, 0.6) is 5.88 Å². The minimum absolute atomic E-state index is 0.0934. The molecule has 0 aliphatic carbocycles. The lowest BCUT2D eigenvalue weighted by Crippen LogP contribution is -2.39. The third-order valence-corrected chi connectivity index (χ3v) is 6.08. The van der Waals surface area contributed by atoms with Crippen LogP contribution in [0.25, 0.3) is 0 Å². The maximum atomic E-state index is 12.8. The molecule has 172 valence electrons. The minimum Gasteiger partial charge on any atom is -0.494 e. The summed E-state index contributed by atoms with van der Waals surface area (Å²) in [4.78, 5) is 42.0. The Labute approximate surface area is 199 Å². The third kappa shape index (κ3) is 5.74. The van der Waals surface area contributed by atoms with Crippen LogP contribution in [-0.4, -0.2) is 30.9 Å². The summed E-state index contributed by atoms with van der Waals surface area (Å²) in [5.41, 5.74) is 0.659. The first-order valence-corrected chi connectivity index (χ1v) is 11.4. The Balaban J connectivity index is 1.98. The second-order valence-electron chi connectivity index (χ2n) is 7.19. The predicted octanol–water partition coefficient (Wildman–Crippen LogP) is 3.46. The number of benzene rings is 2. The van der Waals surface area contributed by atoms with Crippen molar-refractivity contribution >= 4 is 45.7 Å². The first kappa shape index (κ1) is 24.3. The Bertz CT molecular complexity index is 1330. The number of aromatic hydroxyl groups is 1. The Morgan fingerprint density at radius 2 is 1.82 bits per heavy atom. The molecule has 0 unspecified atom stereocenters. The van der Waals surface area contributed by atoms with Crippen molar-refractivity contribution in [3.63, 3.8) is 0 Å². The third-order valence-electron chi connectivity index (χ3n) is 4.87. The van der Waals surface area contributed by atoms with E-state index in [-0.39, 0.29) is 22.3 Å². The number of carbonyl (C=O) groups is 1. The van der Waals surface area contributed by atoms with Crippen LogP contribution in [0.1, 0.15) is 18.1 Å². The van der Waals surface area contributed by atoms with Crippen molar-refractivity contribution in [3.8, 4) is 5.88 Å². The van der Waals surface area contributed by atoms with Crippen LogP contribution >= 0.6 is 23.4 Å². The molecule has 1 aromatic heterocycles. The number of thioether (sulfide) groups is 1. The number of nitrogens with zero attached hydrogens (tertiary/aromatic N) is 3. The van der Waals surface area contributed by atoms with E-state index in [1.807, 2.05) is 19.1 Å². The van der Waals surface area contributed by atoms with E-state index in [4.69, 9.17) is 11.6 Å². The van der Waals surface area contributed by atoms with Gasteiger partial charge in [0.2, 0.25) is 11.8 Å². The standard InChI is InChI=1S/C23H23ClN4O4S/c1-4-14-8-10-16(11-9-14)26-20(19-21(30)27(2)23(32)28(3)22(19)31)33-13-18(29)25-17-7-5-6-15(24)12-17/h5-12,30H,4,13H2,1-3H3,(H,25,29). The quantitative estimate of drug-likeness (QED) is 0.410. The highest BCUT2D eigenvalue weighted by Crippen LogP contribution is 2.24. The topological polar surface area (TPSA) is 106 Å². The van der Waals surface area contributed by atoms with Crippen molar-refractivity contribution in [2.45, 2.75) is 13.3 Å². The summed E-state index contributed by atoms with van der Waals surface area (Å²) in [6.45, 7) is 2.03. The molecule has 3 rings (SSSR count). The molecule has 0 spiro atoms. The predicted molar refractivity (Wildman–Crippen MR) is 133 cm³/mol. The van der Waals surface area contributed by atoms with Gasteiger partial charge in [-0.25, -0.2) is 9.79 Å². The smallest absolute Gasteiger partial charge is 0.333 e. The summed E-state index contributed by atoms with van der Waals surface area (Å²) in [5.74, 6) is -0.962. The lowest BCUT2D eigenvalue weighted by molar-refractivity contribution is -0.113. The Kier molecular flexibility index (Phi) is 7.78. The number of nitrogens with one attached hydrogen (secondary N) is 1. The van der Waals surface area contributed by atoms with Crippen LogP contribution in [0.2, 0.25) is 5.02 Å². The van der Waals surface area contributed by atoms with Crippen LogP contribution in [-0.2, 0) is 25.3 Å². The molecule has 1 heterocycles. The highest BCUT2D eigenvalue weighted by Gasteiger charge is 2.22. The average Bonchev–Trinajstić information content (AvgIpc) is 2.80. The van der Waals surface area contributed by atoms with Crippen molar-refractivity contribution in [2.24, 2.45) is 19.1 Å². The molecular formula is C23H23ClN4O4S. The molecule has 1 amide bonds. The van der Waals surface area contributed by atoms with Gasteiger partial charge in [-0.15, -0.1) is 0 Å². The fraction of sp³-hybridized carbons (Fsp3) is 0.217. The first-order valence-electron chi connectivity index (χ1n) is 10.1. The number of carbonyl (C=O) groups excluding carboxylic acids is 1. The first-order chi connectivity index (χ1) is 15.7. The Hall–Kier alpha value is -3.30. The lowest BCUT2D eigenvalue weighted by Gasteiger charge is -2.13. The Morgan fingerprint density at radius 1 is 1.12 bits per heavy atom. The monoisotopic (exact) mass is 486 g/mol. The van der Waals surface area contributed by atoms with Crippen molar-refractivity contribution in [1.29, 1.82) is 0 Å². The molecule has 10 heteroatoms. The van der Waals surface area contributed by atoms with Gasteiger partial charge in [-0.1, -0.05) is 48.5 Å². The highest BCUT2D eigenvalue weighted by molar-refractivity contribution is 8.15. The zero-order valence-electron chi connectivity index (χ0n) is 18.3. The van der Waals surface area contributed by atoms with E-state index in [0.717, 1.165) is 32.9 Å². The number of anilines is 1. The van der Waals surface area contributed by atoms with Gasteiger partial charge in [0.15, 0.2) is 0 Å². The van der Waals surface area contributed by atoms with E-state index in [9.17, 15) is 19.5 Å². The SMILES string of the molecule is CCc1ccc(N=C(SCC(=O)Nc2cccc(Cl)c2)c2c(O)n(C)c(=O)n(C)c2=O)cc1. The van der Waals surface area contributed by atoms with Gasteiger partial charge in [0.05, 0.1) is 11.4 Å². The summed E-state index contributed by atoms with van der Waals surface area (Å²) < 4.78 is 1.84. The molecule has 2 N–H and O–H groups in total. The van der Waals surface area contributed by atoms with Gasteiger partial charge in [0.25, 0.3) is 5.56 Å². The number of aryl methyl sites for hydroxylation is 1. The van der Waals surface area contributed by atoms with Crippen molar-refractivity contribution < 1.29 is 9.90 Å². The number of aliphatic imine (C=N–C) groups is 1. The van der Waals surface area contributed by atoms with E-state index in [2.05, 4.69) is 10.3 Å². The number of hydrogen-bond donors (Lipinski definition) is 2. The fourth-order valence-corrected chi connectivity index (χ4v) is 4.02. The number of amides is 1. The molecule has 2 aromatic carbocycles. The largest absolute Gasteiger partial charge is 0.494 e. The number of aromatic nitrogens is 2. The molecule has 0 saturated carbocycles. The zero-order valence-corrected chi connectivity index (χ0v) is 19.9. The van der Waals surface area contributed by atoms with Crippen LogP contribution in [0, 0.1) is 0 Å². The normalized spacial score (nSPS) is 11.5. The van der Waals surface area contributed by atoms with Gasteiger partial charge in [0.1, 0.15) is 10.6 Å². The molecule has 0 radical (unpaired) electrons. The van der Waals surface area contributed by atoms with E-state index < -0.39 is 17.1 Å². The van der Waals surface area contributed by atoms with E-state index in [1.165, 1.54) is 14.1 Å². The zero-order chi connectivity index (χ0) is 24.1. The average molecular weight is 487 g/mol. The molecule has 8 nitrogen and oxygen atoms in total. The van der Waals surface area contributed by atoms with Crippen molar-refractivity contribution in [1.82, 2.24) is 9.13 Å². The molecule has 0 bridgehead atoms. The second kappa shape index (κ2) is 10.5. The van der Waals surface area contributed by atoms with E-state index in [0.29, 0.717) is 16.4 Å². The van der Waals surface area contributed by atoms with Crippen LogP contribution in [0.15, 0.2) is 63.1 Å². The summed E-state index contributed by atoms with van der Waals surface area (Å²) in [7, 11) is 2.67. The molecule has 0 saturated heterocycles. The second-order valence-corrected chi connectivity index (χ2v) is 8.59. The van der Waals surface area contributed by atoms with Crippen LogP contribution in [0.3, 0.4) is 0 Å². The van der Waals surface area contributed by atoms with Gasteiger partial charge in [0, 0.05) is 24.8 Å². The maximum absolute atomic E-state index is 12.8. The highest BCUT2D eigenvalue weighted by atomic mass is 35.5. The molecule has 0 fully saturated rings. The van der Waals surface area contributed by atoms with Gasteiger partial charge >= 0.3 is 5.69 Å². The summed E-state index contributed by atoms with van der Waals surface area (Å²) in [6.07, 6.45) is 0.859. The van der Waals surface area contributed by atoms with E-state index >= 15 is 0 Å². The summed E-state index contributed by atoms with van der Waals surface area (Å²) >= 11 is 6.94. The minimum atomic E-state index is -0.706. The number of rotatable bonds is 6. The Morgan fingerprint density at radius 3 is 2.45 bits per heavy atom. The summed E-state index contributed by atoms with van der Waals surface area (Å²) in [6, 6.07) is 14.1. The van der Waals surface area contributed by atoms with E-state index in [1.54, 1.807) is 36.4 Å².